The normalized spacial score (nSPS) is 13.9. The van der Waals surface area contributed by atoms with Gasteiger partial charge in [-0.1, -0.05) is 24.3 Å². The van der Waals surface area contributed by atoms with Crippen LogP contribution in [0.4, 0.5) is 11.4 Å². The minimum Gasteiger partial charge on any atom is -0.384 e. The van der Waals surface area contributed by atoms with Crippen molar-refractivity contribution in [1.82, 2.24) is 0 Å². The van der Waals surface area contributed by atoms with Crippen molar-refractivity contribution in [3.8, 4) is 0 Å². The van der Waals surface area contributed by atoms with Gasteiger partial charge in [-0.2, -0.15) is 0 Å². The minimum atomic E-state index is 0.137. The van der Waals surface area contributed by atoms with Crippen LogP contribution in [0.15, 0.2) is 47.4 Å². The lowest BCUT2D eigenvalue weighted by atomic mass is 10.00. The Balaban J connectivity index is 2.16. The van der Waals surface area contributed by atoms with Crippen LogP contribution in [-0.4, -0.2) is 18.6 Å². The van der Waals surface area contributed by atoms with E-state index >= 15 is 0 Å². The van der Waals surface area contributed by atoms with E-state index in [9.17, 15) is 0 Å². The second-order valence-corrected chi connectivity index (χ2v) is 6.00. The summed E-state index contributed by atoms with van der Waals surface area (Å²) in [5, 5.41) is 7.96. The van der Waals surface area contributed by atoms with Crippen LogP contribution < -0.4 is 10.6 Å². The molecule has 0 spiro atoms. The second-order valence-electron chi connectivity index (χ2n) is 5.15. The van der Waals surface area contributed by atoms with E-state index in [1.807, 2.05) is 18.4 Å². The Morgan fingerprint density at radius 3 is 2.67 bits per heavy atom. The molecule has 4 heteroatoms. The zero-order valence-corrected chi connectivity index (χ0v) is 12.9. The number of fused-ring (bicyclic) bond motifs is 1. The lowest BCUT2D eigenvalue weighted by Gasteiger charge is -2.33. The summed E-state index contributed by atoms with van der Waals surface area (Å²) < 4.78 is 0. The van der Waals surface area contributed by atoms with Gasteiger partial charge in [-0.25, -0.2) is 0 Å². The summed E-state index contributed by atoms with van der Waals surface area (Å²) in [6.45, 7) is 0.967. The predicted octanol–water partition coefficient (Wildman–Crippen LogP) is 3.78. The van der Waals surface area contributed by atoms with E-state index in [4.69, 9.17) is 11.1 Å². The average molecular weight is 297 g/mol. The van der Waals surface area contributed by atoms with E-state index in [-0.39, 0.29) is 5.84 Å². The monoisotopic (exact) mass is 297 g/mol. The van der Waals surface area contributed by atoms with Crippen LogP contribution in [0, 0.1) is 5.41 Å². The molecule has 0 amide bonds. The number of thioether (sulfide) groups is 1. The zero-order valence-electron chi connectivity index (χ0n) is 12.1. The molecule has 0 aromatic heterocycles. The fraction of sp³-hybridized carbons (Fsp3) is 0.235. The Labute approximate surface area is 129 Å². The molecule has 3 rings (SSSR count). The maximum absolute atomic E-state index is 7.96. The molecule has 3 N–H and O–H groups in total. The van der Waals surface area contributed by atoms with E-state index in [2.05, 4.69) is 35.2 Å². The zero-order chi connectivity index (χ0) is 14.8. The Morgan fingerprint density at radius 1 is 1.14 bits per heavy atom. The predicted molar refractivity (Wildman–Crippen MR) is 91.0 cm³/mol. The van der Waals surface area contributed by atoms with Gasteiger partial charge in [0.05, 0.1) is 11.3 Å². The highest BCUT2D eigenvalue weighted by Crippen LogP contribution is 2.37. The molecule has 0 saturated heterocycles. The standard InChI is InChI=1S/C17H19N3S/c1-21-15-10-4-9-14(16(15)17(18)19)20-11-5-7-12-6-2-3-8-13(12)20/h2-4,6,8-10H,5,7,11H2,1H3,(H3,18,19). The first-order chi connectivity index (χ1) is 10.2. The number of hydrogen-bond donors (Lipinski definition) is 2. The van der Waals surface area contributed by atoms with Crippen molar-refractivity contribution in [2.45, 2.75) is 17.7 Å². The first kappa shape index (κ1) is 14.0. The fourth-order valence-corrected chi connectivity index (χ4v) is 3.60. The highest BCUT2D eigenvalue weighted by molar-refractivity contribution is 7.98. The van der Waals surface area contributed by atoms with E-state index < -0.39 is 0 Å². The summed E-state index contributed by atoms with van der Waals surface area (Å²) in [5.74, 6) is 0.137. The molecule has 0 bridgehead atoms. The summed E-state index contributed by atoms with van der Waals surface area (Å²) >= 11 is 1.64. The molecule has 1 heterocycles. The molecular weight excluding hydrogens is 278 g/mol. The van der Waals surface area contributed by atoms with Crippen LogP contribution in [-0.2, 0) is 6.42 Å². The van der Waals surface area contributed by atoms with E-state index in [0.717, 1.165) is 35.5 Å². The number of para-hydroxylation sites is 1. The van der Waals surface area contributed by atoms with Crippen molar-refractivity contribution in [2.75, 3.05) is 17.7 Å². The van der Waals surface area contributed by atoms with Crippen LogP contribution >= 0.6 is 11.8 Å². The lowest BCUT2D eigenvalue weighted by Crippen LogP contribution is -2.27. The second kappa shape index (κ2) is 5.82. The number of aryl methyl sites for hydroxylation is 1. The maximum atomic E-state index is 7.96. The van der Waals surface area contributed by atoms with Crippen molar-refractivity contribution < 1.29 is 0 Å². The Morgan fingerprint density at radius 2 is 1.90 bits per heavy atom. The van der Waals surface area contributed by atoms with Gasteiger partial charge in [0.2, 0.25) is 0 Å². The minimum absolute atomic E-state index is 0.137. The Hall–Kier alpha value is -1.94. The number of rotatable bonds is 3. The highest BCUT2D eigenvalue weighted by atomic mass is 32.2. The van der Waals surface area contributed by atoms with Crippen molar-refractivity contribution in [1.29, 1.82) is 5.41 Å². The molecule has 0 unspecified atom stereocenters. The molecule has 0 atom stereocenters. The highest BCUT2D eigenvalue weighted by Gasteiger charge is 2.22. The van der Waals surface area contributed by atoms with Crippen molar-refractivity contribution in [2.24, 2.45) is 5.73 Å². The number of nitrogens with zero attached hydrogens (tertiary/aromatic N) is 1. The summed E-state index contributed by atoms with van der Waals surface area (Å²) in [6.07, 6.45) is 4.26. The molecule has 0 radical (unpaired) electrons. The number of hydrogen-bond acceptors (Lipinski definition) is 3. The SMILES string of the molecule is CSc1cccc(N2CCCc3ccccc32)c1C(=N)N. The summed E-state index contributed by atoms with van der Waals surface area (Å²) in [4.78, 5) is 3.36. The number of anilines is 2. The third kappa shape index (κ3) is 2.51. The third-order valence-electron chi connectivity index (χ3n) is 3.89. The van der Waals surface area contributed by atoms with Crippen LogP contribution in [0.25, 0.3) is 0 Å². The van der Waals surface area contributed by atoms with Gasteiger partial charge in [-0.15, -0.1) is 11.8 Å². The molecule has 21 heavy (non-hydrogen) atoms. The smallest absolute Gasteiger partial charge is 0.126 e. The maximum Gasteiger partial charge on any atom is 0.126 e. The topological polar surface area (TPSA) is 53.1 Å². The van der Waals surface area contributed by atoms with Gasteiger partial charge in [0, 0.05) is 17.1 Å². The summed E-state index contributed by atoms with van der Waals surface area (Å²) in [6, 6.07) is 14.7. The van der Waals surface area contributed by atoms with Crippen LogP contribution in [0.3, 0.4) is 0 Å². The summed E-state index contributed by atoms with van der Waals surface area (Å²) in [7, 11) is 0. The van der Waals surface area contributed by atoms with E-state index in [1.165, 1.54) is 11.3 Å². The quantitative estimate of drug-likeness (QED) is 0.515. The molecule has 108 valence electrons. The number of nitrogens with two attached hydrogens (primary N) is 1. The molecular formula is C17H19N3S. The molecule has 0 saturated carbocycles. The van der Waals surface area contributed by atoms with Gasteiger partial charge < -0.3 is 10.6 Å². The average Bonchev–Trinajstić information content (AvgIpc) is 2.53. The van der Waals surface area contributed by atoms with Crippen LogP contribution in [0.5, 0.6) is 0 Å². The Bertz CT molecular complexity index is 681. The first-order valence-corrected chi connectivity index (χ1v) is 8.31. The van der Waals surface area contributed by atoms with Gasteiger partial charge >= 0.3 is 0 Å². The largest absolute Gasteiger partial charge is 0.384 e. The fourth-order valence-electron chi connectivity index (χ4n) is 2.97. The van der Waals surface area contributed by atoms with Crippen molar-refractivity contribution in [3.05, 3.63) is 53.6 Å². The molecule has 1 aliphatic rings. The molecule has 0 fully saturated rings. The van der Waals surface area contributed by atoms with Gasteiger partial charge in [-0.3, -0.25) is 5.41 Å². The third-order valence-corrected chi connectivity index (χ3v) is 4.67. The number of nitrogens with one attached hydrogen (secondary N) is 1. The Kier molecular flexibility index (Phi) is 3.88. The molecule has 1 aliphatic heterocycles. The van der Waals surface area contributed by atoms with E-state index in [1.54, 1.807) is 11.8 Å². The first-order valence-electron chi connectivity index (χ1n) is 7.09. The van der Waals surface area contributed by atoms with Crippen LogP contribution in [0.1, 0.15) is 17.5 Å². The number of nitrogen functional groups attached to an aromatic ring is 1. The van der Waals surface area contributed by atoms with Gasteiger partial charge in [0.25, 0.3) is 0 Å². The van der Waals surface area contributed by atoms with Crippen molar-refractivity contribution >= 4 is 29.0 Å². The molecule has 2 aromatic carbocycles. The number of benzene rings is 2. The molecule has 0 aliphatic carbocycles. The van der Waals surface area contributed by atoms with E-state index in [0.29, 0.717) is 0 Å². The summed E-state index contributed by atoms with van der Waals surface area (Å²) in [5.41, 5.74) is 10.4. The molecule has 2 aromatic rings. The van der Waals surface area contributed by atoms with Crippen molar-refractivity contribution in [3.63, 3.8) is 0 Å². The van der Waals surface area contributed by atoms with Gasteiger partial charge in [-0.05, 0) is 42.9 Å². The van der Waals surface area contributed by atoms with Gasteiger partial charge in [0.1, 0.15) is 5.84 Å². The number of amidine groups is 1. The van der Waals surface area contributed by atoms with Crippen LogP contribution in [0.2, 0.25) is 0 Å². The molecule has 3 nitrogen and oxygen atoms in total. The van der Waals surface area contributed by atoms with Gasteiger partial charge in [0.15, 0.2) is 0 Å². The lowest BCUT2D eigenvalue weighted by molar-refractivity contribution is 0.766.